The monoisotopic (exact) mass is 386 g/mol. The van der Waals surface area contributed by atoms with Gasteiger partial charge in [0.1, 0.15) is 0 Å². The lowest BCUT2D eigenvalue weighted by molar-refractivity contribution is 0.592. The highest BCUT2D eigenvalue weighted by Crippen LogP contribution is 2.23. The molecule has 1 N–H and O–H groups in total. The molecule has 1 heterocycles. The maximum atomic E-state index is 6.16. The van der Waals surface area contributed by atoms with E-state index in [4.69, 9.17) is 11.6 Å². The number of hydrogen-bond acceptors (Lipinski definition) is 2. The Hall–Kier alpha value is -1.68. The van der Waals surface area contributed by atoms with Crippen molar-refractivity contribution in [1.29, 1.82) is 0 Å². The molecule has 116 valence electrons. The quantitative estimate of drug-likeness (QED) is 0.636. The van der Waals surface area contributed by atoms with Gasteiger partial charge < -0.3 is 5.32 Å². The van der Waals surface area contributed by atoms with E-state index < -0.39 is 0 Å². The van der Waals surface area contributed by atoms with Gasteiger partial charge in [-0.1, -0.05) is 57.9 Å². The molecule has 3 aromatic rings. The predicted molar refractivity (Wildman–Crippen MR) is 98.5 cm³/mol. The maximum absolute atomic E-state index is 6.16. The van der Waals surface area contributed by atoms with Crippen molar-refractivity contribution in [2.45, 2.75) is 12.6 Å². The third-order valence-electron chi connectivity index (χ3n) is 3.59. The van der Waals surface area contributed by atoms with Crippen LogP contribution in [0.2, 0.25) is 5.02 Å². The van der Waals surface area contributed by atoms with Crippen molar-refractivity contribution in [1.82, 2.24) is 10.3 Å². The molecule has 0 aliphatic heterocycles. The van der Waals surface area contributed by atoms with Crippen molar-refractivity contribution in [2.24, 2.45) is 0 Å². The lowest BCUT2D eigenvalue weighted by Gasteiger charge is -2.19. The normalized spacial score (nSPS) is 12.1. The van der Waals surface area contributed by atoms with Crippen molar-refractivity contribution in [3.63, 3.8) is 0 Å². The van der Waals surface area contributed by atoms with E-state index in [9.17, 15) is 0 Å². The first-order valence-electron chi connectivity index (χ1n) is 7.36. The lowest BCUT2D eigenvalue weighted by Crippen LogP contribution is -2.23. The Balaban J connectivity index is 1.85. The van der Waals surface area contributed by atoms with E-state index in [0.717, 1.165) is 27.3 Å². The fourth-order valence-electron chi connectivity index (χ4n) is 2.45. The zero-order valence-electron chi connectivity index (χ0n) is 12.4. The molecular weight excluding hydrogens is 372 g/mol. The van der Waals surface area contributed by atoms with Gasteiger partial charge in [-0.25, -0.2) is 0 Å². The van der Waals surface area contributed by atoms with E-state index in [1.54, 1.807) is 0 Å². The number of nitrogens with one attached hydrogen (secondary N) is 1. The highest BCUT2D eigenvalue weighted by atomic mass is 79.9. The second-order valence-corrected chi connectivity index (χ2v) is 6.60. The SMILES string of the molecule is Clc1cccc([C@@H](NCc2ccc(Br)cc2)c2ccccn2)c1. The molecule has 0 radical (unpaired) electrons. The maximum Gasteiger partial charge on any atom is 0.0754 e. The number of aromatic nitrogens is 1. The summed E-state index contributed by atoms with van der Waals surface area (Å²) in [6, 6.07) is 22.2. The van der Waals surface area contributed by atoms with Crippen molar-refractivity contribution >= 4 is 27.5 Å². The van der Waals surface area contributed by atoms with Crippen LogP contribution in [0, 0.1) is 0 Å². The summed E-state index contributed by atoms with van der Waals surface area (Å²) in [5.41, 5.74) is 3.30. The van der Waals surface area contributed by atoms with Gasteiger partial charge in [-0.05, 0) is 47.5 Å². The fraction of sp³-hybridized carbons (Fsp3) is 0.105. The smallest absolute Gasteiger partial charge is 0.0754 e. The number of rotatable bonds is 5. The van der Waals surface area contributed by atoms with Crippen LogP contribution in [0.1, 0.15) is 22.9 Å². The van der Waals surface area contributed by atoms with E-state index in [-0.39, 0.29) is 6.04 Å². The van der Waals surface area contributed by atoms with Crippen LogP contribution in [-0.4, -0.2) is 4.98 Å². The third kappa shape index (κ3) is 4.41. The molecule has 3 rings (SSSR count). The van der Waals surface area contributed by atoms with Gasteiger partial charge in [0.25, 0.3) is 0 Å². The molecule has 2 aromatic carbocycles. The summed E-state index contributed by atoms with van der Waals surface area (Å²) in [4.78, 5) is 4.50. The van der Waals surface area contributed by atoms with Gasteiger partial charge in [0.05, 0.1) is 11.7 Å². The van der Waals surface area contributed by atoms with Gasteiger partial charge in [-0.15, -0.1) is 0 Å². The Morgan fingerprint density at radius 3 is 2.52 bits per heavy atom. The fourth-order valence-corrected chi connectivity index (χ4v) is 2.91. The number of nitrogens with zero attached hydrogens (tertiary/aromatic N) is 1. The molecule has 0 saturated carbocycles. The summed E-state index contributed by atoms with van der Waals surface area (Å²) < 4.78 is 1.08. The Bertz CT molecular complexity index is 760. The average Bonchev–Trinajstić information content (AvgIpc) is 2.58. The average molecular weight is 388 g/mol. The third-order valence-corrected chi connectivity index (χ3v) is 4.35. The molecule has 0 saturated heterocycles. The minimum atomic E-state index is -0.00135. The van der Waals surface area contributed by atoms with Crippen molar-refractivity contribution in [2.75, 3.05) is 0 Å². The molecule has 0 aliphatic rings. The molecule has 1 aromatic heterocycles. The Morgan fingerprint density at radius 1 is 1.00 bits per heavy atom. The summed E-state index contributed by atoms with van der Waals surface area (Å²) in [6.45, 7) is 0.751. The van der Waals surface area contributed by atoms with Gasteiger partial charge in [-0.3, -0.25) is 4.98 Å². The first-order valence-corrected chi connectivity index (χ1v) is 8.54. The molecule has 0 bridgehead atoms. The Labute approximate surface area is 149 Å². The number of hydrogen-bond donors (Lipinski definition) is 1. The van der Waals surface area contributed by atoms with E-state index in [0.29, 0.717) is 0 Å². The van der Waals surface area contributed by atoms with Crippen LogP contribution < -0.4 is 5.32 Å². The molecule has 23 heavy (non-hydrogen) atoms. The van der Waals surface area contributed by atoms with Crippen molar-refractivity contribution < 1.29 is 0 Å². The van der Waals surface area contributed by atoms with Crippen LogP contribution in [0.3, 0.4) is 0 Å². The van der Waals surface area contributed by atoms with E-state index in [1.807, 2.05) is 54.7 Å². The van der Waals surface area contributed by atoms with Crippen molar-refractivity contribution in [3.05, 3.63) is 99.2 Å². The van der Waals surface area contributed by atoms with Crippen LogP contribution in [0.4, 0.5) is 0 Å². The predicted octanol–water partition coefficient (Wildman–Crippen LogP) is 5.38. The van der Waals surface area contributed by atoms with Crippen molar-refractivity contribution in [3.8, 4) is 0 Å². The van der Waals surface area contributed by atoms with Gasteiger partial charge >= 0.3 is 0 Å². The first kappa shape index (κ1) is 16.2. The highest BCUT2D eigenvalue weighted by Gasteiger charge is 2.15. The Kier molecular flexibility index (Phi) is 5.44. The molecule has 0 amide bonds. The standard InChI is InChI=1S/C19H16BrClN2/c20-16-9-7-14(8-10-16)13-23-19(18-6-1-2-11-22-18)15-4-3-5-17(21)12-15/h1-12,19,23H,13H2/t19-/m1/s1. The van der Waals surface area contributed by atoms with Gasteiger partial charge in [-0.2, -0.15) is 0 Å². The molecule has 2 nitrogen and oxygen atoms in total. The highest BCUT2D eigenvalue weighted by molar-refractivity contribution is 9.10. The summed E-state index contributed by atoms with van der Waals surface area (Å²) in [5.74, 6) is 0. The second kappa shape index (κ2) is 7.73. The van der Waals surface area contributed by atoms with E-state index in [1.165, 1.54) is 5.56 Å². The van der Waals surface area contributed by atoms with Crippen LogP contribution in [0.25, 0.3) is 0 Å². The molecule has 0 fully saturated rings. The van der Waals surface area contributed by atoms with Crippen LogP contribution in [0.15, 0.2) is 77.4 Å². The van der Waals surface area contributed by atoms with Gasteiger partial charge in [0, 0.05) is 22.2 Å². The summed E-state index contributed by atoms with van der Waals surface area (Å²) in [7, 11) is 0. The molecule has 0 aliphatic carbocycles. The second-order valence-electron chi connectivity index (χ2n) is 5.25. The zero-order valence-corrected chi connectivity index (χ0v) is 14.8. The minimum Gasteiger partial charge on any atom is -0.301 e. The van der Waals surface area contributed by atoms with E-state index in [2.05, 4.69) is 44.4 Å². The topological polar surface area (TPSA) is 24.9 Å². The first-order chi connectivity index (χ1) is 11.2. The Morgan fingerprint density at radius 2 is 1.83 bits per heavy atom. The van der Waals surface area contributed by atoms with Gasteiger partial charge in [0.2, 0.25) is 0 Å². The van der Waals surface area contributed by atoms with Crippen LogP contribution in [-0.2, 0) is 6.54 Å². The number of halogens is 2. The number of benzene rings is 2. The van der Waals surface area contributed by atoms with Gasteiger partial charge in [0.15, 0.2) is 0 Å². The molecule has 0 spiro atoms. The molecule has 1 atom stereocenters. The largest absolute Gasteiger partial charge is 0.301 e. The van der Waals surface area contributed by atoms with Crippen LogP contribution in [0.5, 0.6) is 0 Å². The molecular formula is C19H16BrClN2. The summed E-state index contributed by atoms with van der Waals surface area (Å²) in [6.07, 6.45) is 1.81. The molecule has 4 heteroatoms. The molecule has 0 unspecified atom stereocenters. The lowest BCUT2D eigenvalue weighted by atomic mass is 10.0. The minimum absolute atomic E-state index is 0.00135. The number of pyridine rings is 1. The summed E-state index contributed by atoms with van der Waals surface area (Å²) in [5, 5.41) is 4.31. The summed E-state index contributed by atoms with van der Waals surface area (Å²) >= 11 is 9.62. The van der Waals surface area contributed by atoms with Crippen LogP contribution >= 0.6 is 27.5 Å². The van der Waals surface area contributed by atoms with E-state index >= 15 is 0 Å². The zero-order chi connectivity index (χ0) is 16.1.